The van der Waals surface area contributed by atoms with Gasteiger partial charge in [0.15, 0.2) is 0 Å². The molecule has 0 bridgehead atoms. The van der Waals surface area contributed by atoms with Gasteiger partial charge in [-0.3, -0.25) is 14.9 Å². The second-order valence-electron chi connectivity index (χ2n) is 9.02. The van der Waals surface area contributed by atoms with Crippen molar-refractivity contribution in [1.29, 1.82) is 0 Å². The number of hydrogen-bond donors (Lipinski definition) is 2. The van der Waals surface area contributed by atoms with Gasteiger partial charge in [-0.05, 0) is 72.8 Å². The van der Waals surface area contributed by atoms with Crippen LogP contribution in [0.5, 0.6) is 5.88 Å². The first-order chi connectivity index (χ1) is 17.1. The van der Waals surface area contributed by atoms with Crippen molar-refractivity contribution in [2.45, 2.75) is 31.8 Å². The fraction of sp³-hybridized carbons (Fsp3) is 0.296. The average Bonchev–Trinajstić information content (AvgIpc) is 3.31. The van der Waals surface area contributed by atoms with Gasteiger partial charge in [0, 0.05) is 48.7 Å². The maximum Gasteiger partial charge on any atom is 0.274 e. The Bertz CT molecular complexity index is 1290. The number of piperidine rings is 1. The van der Waals surface area contributed by atoms with Gasteiger partial charge in [0.25, 0.3) is 5.91 Å². The molecule has 4 heterocycles. The summed E-state index contributed by atoms with van der Waals surface area (Å²) < 4.78 is 7.26. The van der Waals surface area contributed by atoms with E-state index >= 15 is 0 Å². The van der Waals surface area contributed by atoms with Crippen molar-refractivity contribution in [3.8, 4) is 5.88 Å². The van der Waals surface area contributed by atoms with Gasteiger partial charge < -0.3 is 9.30 Å². The van der Waals surface area contributed by atoms with Crippen LogP contribution in [0.25, 0.3) is 11.0 Å². The van der Waals surface area contributed by atoms with Gasteiger partial charge in [-0.15, -0.1) is 0 Å². The van der Waals surface area contributed by atoms with Gasteiger partial charge in [-0.2, -0.15) is 0 Å². The van der Waals surface area contributed by atoms with Crippen LogP contribution < -0.4 is 10.2 Å². The van der Waals surface area contributed by atoms with E-state index in [1.807, 2.05) is 30.6 Å². The number of nitrogens with one attached hydrogen (secondary N) is 1. The standard InChI is InChI=1S/C27H29N5O3/c1-35-25-7-4-20(15-28-25)17-31-11-8-21(9-12-31)24-14-23-10-13-32(26(23)29-16-24)18-19-2-5-22(6-3-19)27(33)30-34/h2-7,10,13-16,21,34H,8-9,11-12,17-18H2,1H3,(H,30,33). The minimum Gasteiger partial charge on any atom is -0.481 e. The molecule has 0 spiro atoms. The highest BCUT2D eigenvalue weighted by Gasteiger charge is 2.21. The summed E-state index contributed by atoms with van der Waals surface area (Å²) in [5, 5.41) is 9.91. The molecule has 8 heteroatoms. The molecule has 3 aromatic heterocycles. The number of benzene rings is 1. The number of hydrogen-bond acceptors (Lipinski definition) is 6. The predicted molar refractivity (Wildman–Crippen MR) is 133 cm³/mol. The number of rotatable bonds is 7. The molecule has 4 aromatic rings. The predicted octanol–water partition coefficient (Wildman–Crippen LogP) is 3.99. The molecule has 0 atom stereocenters. The first-order valence-corrected chi connectivity index (χ1v) is 11.8. The number of ether oxygens (including phenoxy) is 1. The number of pyridine rings is 2. The molecule has 1 aromatic carbocycles. The Balaban J connectivity index is 1.21. The van der Waals surface area contributed by atoms with E-state index in [-0.39, 0.29) is 0 Å². The van der Waals surface area contributed by atoms with E-state index in [0.717, 1.165) is 49.1 Å². The number of nitrogens with zero attached hydrogens (tertiary/aromatic N) is 4. The van der Waals surface area contributed by atoms with Crippen LogP contribution in [0, 0.1) is 0 Å². The van der Waals surface area contributed by atoms with Gasteiger partial charge in [0.2, 0.25) is 5.88 Å². The summed E-state index contributed by atoms with van der Waals surface area (Å²) >= 11 is 0. The lowest BCUT2D eigenvalue weighted by Crippen LogP contribution is -2.32. The Morgan fingerprint density at radius 3 is 2.49 bits per heavy atom. The molecule has 35 heavy (non-hydrogen) atoms. The van der Waals surface area contributed by atoms with Gasteiger partial charge in [-0.1, -0.05) is 18.2 Å². The van der Waals surface area contributed by atoms with Crippen molar-refractivity contribution in [1.82, 2.24) is 24.9 Å². The molecule has 0 aliphatic carbocycles. The summed E-state index contributed by atoms with van der Waals surface area (Å²) in [7, 11) is 1.63. The fourth-order valence-electron chi connectivity index (χ4n) is 4.78. The maximum absolute atomic E-state index is 11.5. The van der Waals surface area contributed by atoms with E-state index < -0.39 is 5.91 Å². The lowest BCUT2D eigenvalue weighted by molar-refractivity contribution is 0.0706. The topological polar surface area (TPSA) is 92.5 Å². The number of fused-ring (bicyclic) bond motifs is 1. The molecule has 8 nitrogen and oxygen atoms in total. The molecule has 1 amide bonds. The zero-order valence-electron chi connectivity index (χ0n) is 19.7. The lowest BCUT2D eigenvalue weighted by Gasteiger charge is -2.32. The van der Waals surface area contributed by atoms with E-state index in [1.54, 1.807) is 24.7 Å². The smallest absolute Gasteiger partial charge is 0.274 e. The molecule has 1 aliphatic heterocycles. The van der Waals surface area contributed by atoms with Crippen LogP contribution in [-0.2, 0) is 13.1 Å². The normalized spacial score (nSPS) is 14.8. The van der Waals surface area contributed by atoms with Crippen LogP contribution in [-0.4, -0.2) is 50.7 Å². The largest absolute Gasteiger partial charge is 0.481 e. The van der Waals surface area contributed by atoms with Crippen LogP contribution in [0.4, 0.5) is 0 Å². The highest BCUT2D eigenvalue weighted by molar-refractivity contribution is 5.93. The zero-order chi connectivity index (χ0) is 24.2. The van der Waals surface area contributed by atoms with Gasteiger partial charge in [0.05, 0.1) is 7.11 Å². The molecule has 0 saturated carbocycles. The van der Waals surface area contributed by atoms with Crippen molar-refractivity contribution in [3.05, 3.63) is 89.4 Å². The Morgan fingerprint density at radius 2 is 1.80 bits per heavy atom. The summed E-state index contributed by atoms with van der Waals surface area (Å²) in [4.78, 5) is 23.1. The Labute approximate surface area is 204 Å². The van der Waals surface area contributed by atoms with Crippen molar-refractivity contribution in [3.63, 3.8) is 0 Å². The van der Waals surface area contributed by atoms with Gasteiger partial charge in [0.1, 0.15) is 5.65 Å². The Morgan fingerprint density at radius 1 is 1.03 bits per heavy atom. The molecule has 2 N–H and O–H groups in total. The minimum absolute atomic E-state index is 0.420. The highest BCUT2D eigenvalue weighted by Crippen LogP contribution is 2.30. The molecular formula is C27H29N5O3. The summed E-state index contributed by atoms with van der Waals surface area (Å²) in [6.45, 7) is 3.69. The van der Waals surface area contributed by atoms with E-state index in [1.165, 1.54) is 11.1 Å². The van der Waals surface area contributed by atoms with Crippen LogP contribution in [0.1, 0.15) is 45.8 Å². The Kier molecular flexibility index (Phi) is 6.74. The van der Waals surface area contributed by atoms with Crippen LogP contribution in [0.3, 0.4) is 0 Å². The first-order valence-electron chi connectivity index (χ1n) is 11.8. The van der Waals surface area contributed by atoms with E-state index in [9.17, 15) is 4.79 Å². The number of amides is 1. The minimum atomic E-state index is -0.513. The molecular weight excluding hydrogens is 442 g/mol. The van der Waals surface area contributed by atoms with Gasteiger partial charge >= 0.3 is 0 Å². The average molecular weight is 472 g/mol. The number of likely N-dealkylation sites (tertiary alicyclic amines) is 1. The highest BCUT2D eigenvalue weighted by atomic mass is 16.5. The van der Waals surface area contributed by atoms with Gasteiger partial charge in [-0.25, -0.2) is 15.4 Å². The molecule has 1 saturated heterocycles. The van der Waals surface area contributed by atoms with Crippen molar-refractivity contribution >= 4 is 16.9 Å². The number of aromatic nitrogens is 3. The monoisotopic (exact) mass is 471 g/mol. The van der Waals surface area contributed by atoms with Crippen molar-refractivity contribution in [2.24, 2.45) is 0 Å². The molecule has 5 rings (SSSR count). The number of carbonyl (C=O) groups is 1. The maximum atomic E-state index is 11.5. The van der Waals surface area contributed by atoms with E-state index in [0.29, 0.717) is 23.9 Å². The van der Waals surface area contributed by atoms with Crippen molar-refractivity contribution < 1.29 is 14.7 Å². The first kappa shape index (κ1) is 23.0. The Hall–Kier alpha value is -3.75. The van der Waals surface area contributed by atoms with Crippen molar-refractivity contribution in [2.75, 3.05) is 20.2 Å². The molecule has 0 unspecified atom stereocenters. The van der Waals surface area contributed by atoms with Crippen LogP contribution in [0.2, 0.25) is 0 Å². The lowest BCUT2D eigenvalue weighted by atomic mass is 9.90. The summed E-state index contributed by atoms with van der Waals surface area (Å²) in [5.74, 6) is 0.653. The fourth-order valence-corrected chi connectivity index (χ4v) is 4.78. The summed E-state index contributed by atoms with van der Waals surface area (Å²) in [5.41, 5.74) is 6.60. The number of methoxy groups -OCH3 is 1. The zero-order valence-corrected chi connectivity index (χ0v) is 19.7. The number of hydroxylamine groups is 1. The molecule has 180 valence electrons. The summed E-state index contributed by atoms with van der Waals surface area (Å²) in [6, 6.07) is 15.6. The summed E-state index contributed by atoms with van der Waals surface area (Å²) in [6.07, 6.45) is 8.21. The quantitative estimate of drug-likeness (QED) is 0.313. The second kappa shape index (κ2) is 10.2. The van der Waals surface area contributed by atoms with E-state index in [4.69, 9.17) is 14.9 Å². The van der Waals surface area contributed by atoms with Crippen LogP contribution in [0.15, 0.2) is 67.1 Å². The molecule has 1 aliphatic rings. The molecule has 1 fully saturated rings. The number of carbonyl (C=O) groups excluding carboxylic acids is 1. The second-order valence-corrected chi connectivity index (χ2v) is 9.02. The third kappa shape index (κ3) is 5.18. The molecule has 0 radical (unpaired) electrons. The third-order valence-corrected chi connectivity index (χ3v) is 6.76. The third-order valence-electron chi connectivity index (χ3n) is 6.76. The van der Waals surface area contributed by atoms with Crippen LogP contribution >= 0.6 is 0 Å². The SMILES string of the molecule is COc1ccc(CN2CCC(c3cnc4c(ccn4Cc4ccc(C(=O)NO)cc4)c3)CC2)cn1. The van der Waals surface area contributed by atoms with E-state index in [2.05, 4.69) is 38.8 Å².